The quantitative estimate of drug-likeness (QED) is 0.861. The van der Waals surface area contributed by atoms with Crippen LogP contribution in [0, 0.1) is 11.2 Å². The van der Waals surface area contributed by atoms with Crippen molar-refractivity contribution >= 4 is 5.91 Å². The minimum absolute atomic E-state index is 0.00518. The van der Waals surface area contributed by atoms with Gasteiger partial charge in [0.2, 0.25) is 5.82 Å². The van der Waals surface area contributed by atoms with E-state index in [2.05, 4.69) is 27.6 Å². The first-order valence-electron chi connectivity index (χ1n) is 9.10. The number of para-hydroxylation sites is 1. The number of amides is 1. The van der Waals surface area contributed by atoms with Crippen LogP contribution in [-0.2, 0) is 0 Å². The maximum absolute atomic E-state index is 14.2. The molecule has 7 heteroatoms. The molecule has 26 heavy (non-hydrogen) atoms. The third kappa shape index (κ3) is 3.93. The van der Waals surface area contributed by atoms with Gasteiger partial charge in [0.15, 0.2) is 0 Å². The molecule has 6 nitrogen and oxygen atoms in total. The Labute approximate surface area is 153 Å². The fourth-order valence-electron chi connectivity index (χ4n) is 3.17. The van der Waals surface area contributed by atoms with E-state index in [1.807, 2.05) is 13.8 Å². The highest BCUT2D eigenvalue weighted by Crippen LogP contribution is 2.27. The molecule has 2 N–H and O–H groups in total. The van der Waals surface area contributed by atoms with E-state index in [0.717, 1.165) is 25.9 Å². The lowest BCUT2D eigenvalue weighted by molar-refractivity contribution is 0.0912. The first-order chi connectivity index (χ1) is 12.4. The van der Waals surface area contributed by atoms with Crippen LogP contribution in [0.25, 0.3) is 5.69 Å². The third-order valence-electron chi connectivity index (χ3n) is 4.92. The number of halogens is 1. The van der Waals surface area contributed by atoms with E-state index in [1.165, 1.54) is 10.7 Å². The van der Waals surface area contributed by atoms with Crippen LogP contribution in [0.1, 0.15) is 56.0 Å². The highest BCUT2D eigenvalue weighted by Gasteiger charge is 2.28. The largest absolute Gasteiger partial charge is 0.349 e. The van der Waals surface area contributed by atoms with Crippen LogP contribution < -0.4 is 10.6 Å². The summed E-state index contributed by atoms with van der Waals surface area (Å²) in [5.41, 5.74) is 0.378. The van der Waals surface area contributed by atoms with Crippen LogP contribution in [0.4, 0.5) is 4.39 Å². The van der Waals surface area contributed by atoms with Gasteiger partial charge in [0.1, 0.15) is 17.3 Å². The number of nitrogens with one attached hydrogen (secondary N) is 2. The predicted molar refractivity (Wildman–Crippen MR) is 97.9 cm³/mol. The molecule has 0 bridgehead atoms. The first-order valence-corrected chi connectivity index (χ1v) is 9.10. The minimum atomic E-state index is -0.395. The standard InChI is InChI=1S/C19H26FN5O/c1-13(2)17-23-16(24-25(17)15-7-5-4-6-14(15)20)18(26)22-12-19(3)8-10-21-11-9-19/h4-7,13,21H,8-12H2,1-3H3,(H,22,26). The summed E-state index contributed by atoms with van der Waals surface area (Å²) in [5.74, 6) is -0.0661. The molecule has 1 fully saturated rings. The number of hydrogen-bond donors (Lipinski definition) is 2. The van der Waals surface area contributed by atoms with Gasteiger partial charge >= 0.3 is 0 Å². The number of nitrogens with zero attached hydrogens (tertiary/aromatic N) is 3. The average Bonchev–Trinajstić information content (AvgIpc) is 3.06. The van der Waals surface area contributed by atoms with E-state index in [4.69, 9.17) is 0 Å². The fraction of sp³-hybridized carbons (Fsp3) is 0.526. The summed E-state index contributed by atoms with van der Waals surface area (Å²) < 4.78 is 15.6. The topological polar surface area (TPSA) is 71.8 Å². The van der Waals surface area contributed by atoms with Crippen molar-refractivity contribution in [3.8, 4) is 5.69 Å². The van der Waals surface area contributed by atoms with Crippen molar-refractivity contribution in [3.05, 3.63) is 41.7 Å². The zero-order valence-electron chi connectivity index (χ0n) is 15.6. The summed E-state index contributed by atoms with van der Waals surface area (Å²) in [6.07, 6.45) is 2.03. The molecule has 1 saturated heterocycles. The van der Waals surface area contributed by atoms with Gasteiger partial charge in [0.25, 0.3) is 5.91 Å². The molecule has 0 saturated carbocycles. The third-order valence-corrected chi connectivity index (χ3v) is 4.92. The molecule has 0 radical (unpaired) electrons. The molecule has 0 unspecified atom stereocenters. The lowest BCUT2D eigenvalue weighted by Gasteiger charge is -2.33. The first kappa shape index (κ1) is 18.5. The Balaban J connectivity index is 1.81. The number of benzene rings is 1. The predicted octanol–water partition coefficient (Wildman–Crippen LogP) is 2.65. The van der Waals surface area contributed by atoms with Crippen molar-refractivity contribution in [2.45, 2.75) is 39.5 Å². The zero-order chi connectivity index (χ0) is 18.7. The van der Waals surface area contributed by atoms with E-state index in [1.54, 1.807) is 18.2 Å². The molecular formula is C19H26FN5O. The second kappa shape index (κ2) is 7.53. The van der Waals surface area contributed by atoms with E-state index < -0.39 is 5.82 Å². The lowest BCUT2D eigenvalue weighted by atomic mass is 9.81. The van der Waals surface area contributed by atoms with E-state index in [-0.39, 0.29) is 23.1 Å². The van der Waals surface area contributed by atoms with E-state index in [9.17, 15) is 9.18 Å². The van der Waals surface area contributed by atoms with Crippen LogP contribution in [0.15, 0.2) is 24.3 Å². The zero-order valence-corrected chi connectivity index (χ0v) is 15.6. The molecule has 2 heterocycles. The second-order valence-electron chi connectivity index (χ2n) is 7.55. The molecule has 1 aliphatic rings. The molecular weight excluding hydrogens is 333 g/mol. The van der Waals surface area contributed by atoms with Crippen molar-refractivity contribution < 1.29 is 9.18 Å². The monoisotopic (exact) mass is 359 g/mol. The SMILES string of the molecule is CC(C)c1nc(C(=O)NCC2(C)CCNCC2)nn1-c1ccccc1F. The number of aromatic nitrogens is 3. The smallest absolute Gasteiger partial charge is 0.291 e. The maximum Gasteiger partial charge on any atom is 0.291 e. The highest BCUT2D eigenvalue weighted by molar-refractivity contribution is 5.90. The maximum atomic E-state index is 14.2. The van der Waals surface area contributed by atoms with Crippen LogP contribution in [0.3, 0.4) is 0 Å². The van der Waals surface area contributed by atoms with E-state index >= 15 is 0 Å². The molecule has 1 amide bonds. The molecule has 0 atom stereocenters. The molecule has 1 aliphatic heterocycles. The molecule has 0 aliphatic carbocycles. The average molecular weight is 359 g/mol. The Morgan fingerprint density at radius 2 is 2.04 bits per heavy atom. The summed E-state index contributed by atoms with van der Waals surface area (Å²) in [7, 11) is 0. The second-order valence-corrected chi connectivity index (χ2v) is 7.55. The van der Waals surface area contributed by atoms with Gasteiger partial charge in [-0.3, -0.25) is 4.79 Å². The molecule has 2 aromatic rings. The van der Waals surface area contributed by atoms with Gasteiger partial charge in [-0.2, -0.15) is 0 Å². The number of carbonyl (C=O) groups is 1. The van der Waals surface area contributed by atoms with Gasteiger partial charge in [-0.05, 0) is 43.5 Å². The van der Waals surface area contributed by atoms with Crippen LogP contribution >= 0.6 is 0 Å². The normalized spacial score (nSPS) is 16.7. The summed E-state index contributed by atoms with van der Waals surface area (Å²) in [6.45, 7) is 8.57. The van der Waals surface area contributed by atoms with Crippen LogP contribution in [-0.4, -0.2) is 40.3 Å². The fourth-order valence-corrected chi connectivity index (χ4v) is 3.17. The summed E-state index contributed by atoms with van der Waals surface area (Å²) in [5, 5.41) is 10.6. The summed E-state index contributed by atoms with van der Waals surface area (Å²) >= 11 is 0. The number of carbonyl (C=O) groups excluding carboxylic acids is 1. The van der Waals surface area contributed by atoms with Gasteiger partial charge in [-0.15, -0.1) is 5.10 Å². The molecule has 1 aromatic heterocycles. The van der Waals surface area contributed by atoms with Crippen molar-refractivity contribution in [2.24, 2.45) is 5.41 Å². The molecule has 1 aromatic carbocycles. The number of rotatable bonds is 5. The lowest BCUT2D eigenvalue weighted by Crippen LogP contribution is -2.43. The van der Waals surface area contributed by atoms with Gasteiger partial charge in [0.05, 0.1) is 0 Å². The van der Waals surface area contributed by atoms with E-state index in [0.29, 0.717) is 18.1 Å². The van der Waals surface area contributed by atoms with Crippen LogP contribution in [0.5, 0.6) is 0 Å². The van der Waals surface area contributed by atoms with Gasteiger partial charge in [-0.25, -0.2) is 14.1 Å². The molecule has 140 valence electrons. The van der Waals surface area contributed by atoms with Gasteiger partial charge < -0.3 is 10.6 Å². The van der Waals surface area contributed by atoms with Crippen molar-refractivity contribution in [2.75, 3.05) is 19.6 Å². The summed E-state index contributed by atoms with van der Waals surface area (Å²) in [6, 6.07) is 6.37. The van der Waals surface area contributed by atoms with Crippen molar-refractivity contribution in [1.82, 2.24) is 25.4 Å². The number of piperidine rings is 1. The highest BCUT2D eigenvalue weighted by atomic mass is 19.1. The summed E-state index contributed by atoms with van der Waals surface area (Å²) in [4.78, 5) is 16.9. The molecule has 0 spiro atoms. The number of hydrogen-bond acceptors (Lipinski definition) is 4. The van der Waals surface area contributed by atoms with Gasteiger partial charge in [-0.1, -0.05) is 32.9 Å². The Morgan fingerprint density at radius 1 is 1.35 bits per heavy atom. The van der Waals surface area contributed by atoms with Crippen molar-refractivity contribution in [1.29, 1.82) is 0 Å². The molecule has 3 rings (SSSR count). The minimum Gasteiger partial charge on any atom is -0.349 e. The Hall–Kier alpha value is -2.28. The Bertz CT molecular complexity index is 780. The Morgan fingerprint density at radius 3 is 2.69 bits per heavy atom. The van der Waals surface area contributed by atoms with Crippen LogP contribution in [0.2, 0.25) is 0 Å². The van der Waals surface area contributed by atoms with Crippen molar-refractivity contribution in [3.63, 3.8) is 0 Å². The van der Waals surface area contributed by atoms with Gasteiger partial charge in [0, 0.05) is 12.5 Å². The Kier molecular flexibility index (Phi) is 5.36.